The summed E-state index contributed by atoms with van der Waals surface area (Å²) in [5, 5.41) is 5.82. The maximum atomic E-state index is 10.7. The number of ether oxygens (including phenoxy) is 1. The zero-order valence-corrected chi connectivity index (χ0v) is 10.1. The predicted octanol–water partition coefficient (Wildman–Crippen LogP) is 2.28. The summed E-state index contributed by atoms with van der Waals surface area (Å²) in [6.07, 6.45) is 6.04. The topological polar surface area (TPSA) is 76.4 Å². The summed E-state index contributed by atoms with van der Waals surface area (Å²) in [4.78, 5) is 10.7. The lowest BCUT2D eigenvalue weighted by Crippen LogP contribution is -2.23. The lowest BCUT2D eigenvalue weighted by Gasteiger charge is -2.20. The number of carbonyl (C=O) groups is 1. The van der Waals surface area contributed by atoms with E-state index in [0.29, 0.717) is 5.69 Å². The summed E-state index contributed by atoms with van der Waals surface area (Å²) < 4.78 is 5.46. The van der Waals surface area contributed by atoms with Crippen molar-refractivity contribution in [1.29, 1.82) is 0 Å². The molecule has 1 aliphatic heterocycles. The minimum atomic E-state index is -0.562. The van der Waals surface area contributed by atoms with E-state index in [2.05, 4.69) is 10.6 Å². The van der Waals surface area contributed by atoms with Gasteiger partial charge in [0, 0.05) is 11.4 Å². The molecule has 1 aromatic rings. The second-order valence-corrected chi connectivity index (χ2v) is 4.16. The number of amides is 2. The van der Waals surface area contributed by atoms with Gasteiger partial charge >= 0.3 is 6.03 Å². The lowest BCUT2D eigenvalue weighted by molar-refractivity contribution is 0.135. The molecule has 4 N–H and O–H groups in total. The molecule has 5 heteroatoms. The fraction of sp³-hybridized carbons (Fsp3) is 0.308. The average Bonchev–Trinajstić information content (AvgIpc) is 2.37. The van der Waals surface area contributed by atoms with Crippen LogP contribution in [0, 0.1) is 0 Å². The van der Waals surface area contributed by atoms with E-state index >= 15 is 0 Å². The van der Waals surface area contributed by atoms with Crippen molar-refractivity contribution in [1.82, 2.24) is 0 Å². The number of nitrogens with two attached hydrogens (primary N) is 1. The number of anilines is 2. The maximum absolute atomic E-state index is 10.7. The van der Waals surface area contributed by atoms with E-state index in [1.54, 1.807) is 12.3 Å². The van der Waals surface area contributed by atoms with Crippen LogP contribution in [-0.2, 0) is 4.74 Å². The molecular weight excluding hydrogens is 230 g/mol. The normalized spacial score (nSPS) is 17.9. The molecule has 0 bridgehead atoms. The molecule has 96 valence electrons. The number of rotatable bonds is 4. The van der Waals surface area contributed by atoms with Gasteiger partial charge in [-0.05, 0) is 37.1 Å². The zero-order valence-electron chi connectivity index (χ0n) is 10.1. The number of benzene rings is 1. The molecule has 0 fully saturated rings. The van der Waals surface area contributed by atoms with E-state index in [-0.39, 0.29) is 6.10 Å². The Morgan fingerprint density at radius 1 is 1.44 bits per heavy atom. The molecule has 1 unspecified atom stereocenters. The van der Waals surface area contributed by atoms with Gasteiger partial charge in [0.15, 0.2) is 0 Å². The first-order valence-electron chi connectivity index (χ1n) is 5.95. The molecule has 2 rings (SSSR count). The Morgan fingerprint density at radius 3 is 3.00 bits per heavy atom. The van der Waals surface area contributed by atoms with Crippen molar-refractivity contribution in [3.05, 3.63) is 36.6 Å². The van der Waals surface area contributed by atoms with Crippen LogP contribution < -0.4 is 16.4 Å². The molecule has 1 aromatic carbocycles. The molecule has 0 spiro atoms. The van der Waals surface area contributed by atoms with Crippen LogP contribution in [0.1, 0.15) is 12.8 Å². The number of primary amides is 1. The van der Waals surface area contributed by atoms with Crippen LogP contribution in [-0.4, -0.2) is 18.7 Å². The molecule has 18 heavy (non-hydrogen) atoms. The van der Waals surface area contributed by atoms with Crippen molar-refractivity contribution in [2.45, 2.75) is 18.9 Å². The second-order valence-electron chi connectivity index (χ2n) is 4.16. The number of hydrogen-bond acceptors (Lipinski definition) is 3. The largest absolute Gasteiger partial charge is 0.497 e. The van der Waals surface area contributed by atoms with Crippen LogP contribution in [0.5, 0.6) is 0 Å². The Balaban J connectivity index is 1.88. The van der Waals surface area contributed by atoms with E-state index in [9.17, 15) is 4.79 Å². The average molecular weight is 247 g/mol. The Hall–Kier alpha value is -2.17. The van der Waals surface area contributed by atoms with Crippen LogP contribution in [0.3, 0.4) is 0 Å². The van der Waals surface area contributed by atoms with Crippen molar-refractivity contribution in [3.8, 4) is 0 Å². The monoisotopic (exact) mass is 247 g/mol. The highest BCUT2D eigenvalue weighted by molar-refractivity contribution is 5.88. The fourth-order valence-electron chi connectivity index (χ4n) is 1.82. The molecule has 2 amide bonds. The van der Waals surface area contributed by atoms with Crippen LogP contribution >= 0.6 is 0 Å². The number of urea groups is 1. The van der Waals surface area contributed by atoms with Crippen LogP contribution in [0.25, 0.3) is 0 Å². The summed E-state index contributed by atoms with van der Waals surface area (Å²) in [6.45, 7) is 0.740. The molecule has 0 saturated heterocycles. The van der Waals surface area contributed by atoms with Gasteiger partial charge in [-0.1, -0.05) is 6.07 Å². The SMILES string of the molecule is NC(=O)Nc1cccc(NCC2CCC=CO2)c1. The van der Waals surface area contributed by atoms with Crippen molar-refractivity contribution in [3.63, 3.8) is 0 Å². The smallest absolute Gasteiger partial charge is 0.316 e. The van der Waals surface area contributed by atoms with Crippen molar-refractivity contribution in [2.75, 3.05) is 17.2 Å². The van der Waals surface area contributed by atoms with Crippen LogP contribution in [0.4, 0.5) is 16.2 Å². The number of hydrogen-bond donors (Lipinski definition) is 3. The third kappa shape index (κ3) is 3.69. The fourth-order valence-corrected chi connectivity index (χ4v) is 1.82. The Morgan fingerprint density at radius 2 is 2.28 bits per heavy atom. The van der Waals surface area contributed by atoms with E-state index in [1.807, 2.05) is 24.3 Å². The highest BCUT2D eigenvalue weighted by atomic mass is 16.5. The van der Waals surface area contributed by atoms with Gasteiger partial charge in [-0.25, -0.2) is 4.79 Å². The van der Waals surface area contributed by atoms with Crippen molar-refractivity contribution in [2.24, 2.45) is 5.73 Å². The highest BCUT2D eigenvalue weighted by Crippen LogP contribution is 2.16. The molecule has 5 nitrogen and oxygen atoms in total. The summed E-state index contributed by atoms with van der Waals surface area (Å²) in [7, 11) is 0. The highest BCUT2D eigenvalue weighted by Gasteiger charge is 2.10. The van der Waals surface area contributed by atoms with Crippen molar-refractivity contribution < 1.29 is 9.53 Å². The van der Waals surface area contributed by atoms with E-state index in [1.165, 1.54) is 0 Å². The third-order valence-electron chi connectivity index (χ3n) is 2.69. The quantitative estimate of drug-likeness (QED) is 0.764. The van der Waals surface area contributed by atoms with E-state index in [4.69, 9.17) is 10.5 Å². The number of nitrogens with one attached hydrogen (secondary N) is 2. The molecule has 0 radical (unpaired) electrons. The standard InChI is InChI=1S/C13H17N3O2/c14-13(17)16-11-5-3-4-10(8-11)15-9-12-6-1-2-7-18-12/h2-5,7-8,12,15H,1,6,9H2,(H3,14,16,17). The van der Waals surface area contributed by atoms with E-state index in [0.717, 1.165) is 25.1 Å². The maximum Gasteiger partial charge on any atom is 0.316 e. The molecule has 0 saturated carbocycles. The molecule has 1 heterocycles. The molecule has 0 aliphatic carbocycles. The van der Waals surface area contributed by atoms with Gasteiger partial charge in [0.1, 0.15) is 6.10 Å². The summed E-state index contributed by atoms with van der Waals surface area (Å²) >= 11 is 0. The third-order valence-corrected chi connectivity index (χ3v) is 2.69. The summed E-state index contributed by atoms with van der Waals surface area (Å²) in [5.41, 5.74) is 6.68. The van der Waals surface area contributed by atoms with Crippen molar-refractivity contribution >= 4 is 17.4 Å². The van der Waals surface area contributed by atoms with Gasteiger partial charge in [-0.3, -0.25) is 0 Å². The van der Waals surface area contributed by atoms with Gasteiger partial charge < -0.3 is 21.1 Å². The van der Waals surface area contributed by atoms with Gasteiger partial charge in [-0.15, -0.1) is 0 Å². The molecular formula is C13H17N3O2. The minimum Gasteiger partial charge on any atom is -0.497 e. The Kier molecular flexibility index (Phi) is 4.06. The predicted molar refractivity (Wildman–Crippen MR) is 71.4 cm³/mol. The van der Waals surface area contributed by atoms with E-state index < -0.39 is 6.03 Å². The first-order chi connectivity index (χ1) is 8.74. The van der Waals surface area contributed by atoms with Crippen LogP contribution in [0.15, 0.2) is 36.6 Å². The Labute approximate surface area is 106 Å². The minimum absolute atomic E-state index is 0.197. The van der Waals surface area contributed by atoms with Gasteiger partial charge in [-0.2, -0.15) is 0 Å². The van der Waals surface area contributed by atoms with Gasteiger partial charge in [0.05, 0.1) is 12.8 Å². The second kappa shape index (κ2) is 5.95. The number of allylic oxidation sites excluding steroid dienone is 1. The summed E-state index contributed by atoms with van der Waals surface area (Å²) in [6, 6.07) is 6.85. The lowest BCUT2D eigenvalue weighted by atomic mass is 10.1. The van der Waals surface area contributed by atoms with Gasteiger partial charge in [0.2, 0.25) is 0 Å². The van der Waals surface area contributed by atoms with Crippen LogP contribution in [0.2, 0.25) is 0 Å². The van der Waals surface area contributed by atoms with Gasteiger partial charge in [0.25, 0.3) is 0 Å². The first-order valence-corrected chi connectivity index (χ1v) is 5.95. The molecule has 1 atom stereocenters. The molecule has 0 aromatic heterocycles. The Bertz CT molecular complexity index is 446. The zero-order chi connectivity index (χ0) is 12.8. The number of carbonyl (C=O) groups excluding carboxylic acids is 1. The molecule has 1 aliphatic rings. The first kappa shape index (κ1) is 12.3. The summed E-state index contributed by atoms with van der Waals surface area (Å²) in [5.74, 6) is 0.